The summed E-state index contributed by atoms with van der Waals surface area (Å²) in [4.78, 5) is 0. The molecule has 0 aliphatic rings. The molecule has 2 aromatic rings. The van der Waals surface area contributed by atoms with Gasteiger partial charge in [0.1, 0.15) is 0 Å². The summed E-state index contributed by atoms with van der Waals surface area (Å²) in [5, 5.41) is 5.31. The quantitative estimate of drug-likeness (QED) is 0.924. The van der Waals surface area contributed by atoms with Crippen molar-refractivity contribution < 1.29 is 0 Å². The van der Waals surface area contributed by atoms with Gasteiger partial charge in [0.25, 0.3) is 0 Å². The van der Waals surface area contributed by atoms with E-state index in [0.717, 1.165) is 23.4 Å². The van der Waals surface area contributed by atoms with Crippen LogP contribution in [0.15, 0.2) is 18.2 Å². The van der Waals surface area contributed by atoms with Crippen molar-refractivity contribution in [3.8, 4) is 5.69 Å². The molecule has 0 saturated carbocycles. The minimum atomic E-state index is 0.454. The van der Waals surface area contributed by atoms with E-state index in [9.17, 15) is 0 Å². The van der Waals surface area contributed by atoms with Crippen LogP contribution >= 0.6 is 11.6 Å². The Morgan fingerprint density at radius 1 is 1.33 bits per heavy atom. The van der Waals surface area contributed by atoms with E-state index in [-0.39, 0.29) is 0 Å². The monoisotopic (exact) mass is 263 g/mol. The van der Waals surface area contributed by atoms with Gasteiger partial charge in [0, 0.05) is 17.3 Å². The van der Waals surface area contributed by atoms with E-state index in [1.807, 2.05) is 29.8 Å². The summed E-state index contributed by atoms with van der Waals surface area (Å²) in [6.07, 6.45) is 0.989. The van der Waals surface area contributed by atoms with Gasteiger partial charge in [-0.25, -0.2) is 4.68 Å². The highest BCUT2D eigenvalue weighted by Crippen LogP contribution is 2.23. The van der Waals surface area contributed by atoms with Crippen LogP contribution in [0.3, 0.4) is 0 Å². The maximum Gasteiger partial charge on any atom is 0.0694 e. The number of hydrogen-bond acceptors (Lipinski definition) is 2. The van der Waals surface area contributed by atoms with Crippen molar-refractivity contribution in [1.82, 2.24) is 9.78 Å². The fraction of sp³-hybridized carbons (Fsp3) is 0.357. The molecule has 0 aliphatic carbocycles. The zero-order valence-corrected chi connectivity index (χ0v) is 11.8. The molecule has 1 heterocycles. The van der Waals surface area contributed by atoms with E-state index >= 15 is 0 Å². The van der Waals surface area contributed by atoms with Crippen LogP contribution < -0.4 is 5.73 Å². The van der Waals surface area contributed by atoms with Crippen molar-refractivity contribution in [2.24, 2.45) is 5.73 Å². The maximum absolute atomic E-state index is 6.00. The van der Waals surface area contributed by atoms with Crippen LogP contribution in [-0.4, -0.2) is 9.78 Å². The number of aryl methyl sites for hydroxylation is 1. The molecule has 0 spiro atoms. The second-order valence-corrected chi connectivity index (χ2v) is 4.83. The van der Waals surface area contributed by atoms with Gasteiger partial charge in [-0.2, -0.15) is 5.10 Å². The van der Waals surface area contributed by atoms with Crippen LogP contribution in [0.5, 0.6) is 0 Å². The standard InChI is InChI=1S/C14H18ClN3/c1-4-13-9(2)17-18(10(13)3)14-6-5-12(15)7-11(14)8-16/h5-7H,4,8,16H2,1-3H3. The van der Waals surface area contributed by atoms with Gasteiger partial charge in [-0.3, -0.25) is 0 Å². The molecule has 96 valence electrons. The predicted molar refractivity (Wildman–Crippen MR) is 75.3 cm³/mol. The number of hydrogen-bond donors (Lipinski definition) is 1. The summed E-state index contributed by atoms with van der Waals surface area (Å²) >= 11 is 6.00. The Hall–Kier alpha value is -1.32. The largest absolute Gasteiger partial charge is 0.326 e. The Kier molecular flexibility index (Phi) is 3.73. The molecule has 0 radical (unpaired) electrons. The molecule has 0 amide bonds. The lowest BCUT2D eigenvalue weighted by molar-refractivity contribution is 0.817. The minimum Gasteiger partial charge on any atom is -0.326 e. The van der Waals surface area contributed by atoms with Crippen molar-refractivity contribution in [2.45, 2.75) is 33.7 Å². The third kappa shape index (κ3) is 2.16. The summed E-state index contributed by atoms with van der Waals surface area (Å²) in [6.45, 7) is 6.73. The van der Waals surface area contributed by atoms with Crippen LogP contribution in [0.4, 0.5) is 0 Å². The van der Waals surface area contributed by atoms with E-state index < -0.39 is 0 Å². The lowest BCUT2D eigenvalue weighted by atomic mass is 10.1. The molecule has 0 bridgehead atoms. The molecule has 2 N–H and O–H groups in total. The molecule has 0 fully saturated rings. The zero-order valence-electron chi connectivity index (χ0n) is 11.0. The van der Waals surface area contributed by atoms with Gasteiger partial charge in [0.05, 0.1) is 11.4 Å². The summed E-state index contributed by atoms with van der Waals surface area (Å²) in [5.41, 5.74) is 11.4. The summed E-state index contributed by atoms with van der Waals surface area (Å²) in [6, 6.07) is 5.75. The van der Waals surface area contributed by atoms with Crippen LogP contribution in [-0.2, 0) is 13.0 Å². The number of aromatic nitrogens is 2. The van der Waals surface area contributed by atoms with Crippen molar-refractivity contribution in [1.29, 1.82) is 0 Å². The Balaban J connectivity index is 2.62. The van der Waals surface area contributed by atoms with Crippen molar-refractivity contribution in [2.75, 3.05) is 0 Å². The Morgan fingerprint density at radius 3 is 2.61 bits per heavy atom. The summed E-state index contributed by atoms with van der Waals surface area (Å²) < 4.78 is 1.96. The first-order valence-electron chi connectivity index (χ1n) is 6.12. The van der Waals surface area contributed by atoms with E-state index in [0.29, 0.717) is 11.6 Å². The van der Waals surface area contributed by atoms with Crippen LogP contribution in [0.2, 0.25) is 5.02 Å². The third-order valence-electron chi connectivity index (χ3n) is 3.28. The van der Waals surface area contributed by atoms with Crippen molar-refractivity contribution in [3.63, 3.8) is 0 Å². The molecule has 0 atom stereocenters. The molecule has 1 aromatic carbocycles. The SMILES string of the molecule is CCc1c(C)nn(-c2ccc(Cl)cc2CN)c1C. The first-order chi connectivity index (χ1) is 8.58. The molecule has 1 aromatic heterocycles. The number of nitrogens with two attached hydrogens (primary N) is 1. The first-order valence-corrected chi connectivity index (χ1v) is 6.50. The highest BCUT2D eigenvalue weighted by atomic mass is 35.5. The van der Waals surface area contributed by atoms with Gasteiger partial charge in [-0.15, -0.1) is 0 Å². The highest BCUT2D eigenvalue weighted by Gasteiger charge is 2.13. The average Bonchev–Trinajstić information content (AvgIpc) is 2.64. The molecule has 0 unspecified atom stereocenters. The molecule has 0 aliphatic heterocycles. The lowest BCUT2D eigenvalue weighted by Gasteiger charge is -2.10. The number of halogens is 1. The van der Waals surface area contributed by atoms with E-state index in [1.165, 1.54) is 11.3 Å². The third-order valence-corrected chi connectivity index (χ3v) is 3.52. The number of rotatable bonds is 3. The van der Waals surface area contributed by atoms with Crippen LogP contribution in [0, 0.1) is 13.8 Å². The molecular weight excluding hydrogens is 246 g/mol. The fourth-order valence-electron chi connectivity index (χ4n) is 2.35. The number of benzene rings is 1. The first kappa shape index (κ1) is 13.1. The second-order valence-electron chi connectivity index (χ2n) is 4.39. The van der Waals surface area contributed by atoms with Gasteiger partial charge in [0.15, 0.2) is 0 Å². The Bertz CT molecular complexity index is 573. The van der Waals surface area contributed by atoms with Crippen LogP contribution in [0.25, 0.3) is 5.69 Å². The zero-order chi connectivity index (χ0) is 13.3. The molecule has 0 saturated heterocycles. The van der Waals surface area contributed by atoms with Gasteiger partial charge < -0.3 is 5.73 Å². The van der Waals surface area contributed by atoms with Gasteiger partial charge in [-0.05, 0) is 49.6 Å². The Labute approximate surface area is 113 Å². The van der Waals surface area contributed by atoms with E-state index in [2.05, 4.69) is 18.9 Å². The lowest BCUT2D eigenvalue weighted by Crippen LogP contribution is -2.07. The normalized spacial score (nSPS) is 10.9. The second kappa shape index (κ2) is 5.12. The Morgan fingerprint density at radius 2 is 2.06 bits per heavy atom. The predicted octanol–water partition coefficient (Wildman–Crippen LogP) is 3.16. The molecular formula is C14H18ClN3. The fourth-order valence-corrected chi connectivity index (χ4v) is 2.54. The molecule has 2 rings (SSSR count). The molecule has 4 heteroatoms. The van der Waals surface area contributed by atoms with E-state index in [4.69, 9.17) is 17.3 Å². The smallest absolute Gasteiger partial charge is 0.0694 e. The topological polar surface area (TPSA) is 43.8 Å². The molecule has 18 heavy (non-hydrogen) atoms. The van der Waals surface area contributed by atoms with Gasteiger partial charge in [-0.1, -0.05) is 18.5 Å². The summed E-state index contributed by atoms with van der Waals surface area (Å²) in [5.74, 6) is 0. The number of nitrogens with zero attached hydrogens (tertiary/aromatic N) is 2. The summed E-state index contributed by atoms with van der Waals surface area (Å²) in [7, 11) is 0. The minimum absolute atomic E-state index is 0.454. The average molecular weight is 264 g/mol. The van der Waals surface area contributed by atoms with Gasteiger partial charge in [0.2, 0.25) is 0 Å². The van der Waals surface area contributed by atoms with Crippen molar-refractivity contribution >= 4 is 11.6 Å². The van der Waals surface area contributed by atoms with Crippen molar-refractivity contribution in [3.05, 3.63) is 45.7 Å². The molecule has 3 nitrogen and oxygen atoms in total. The van der Waals surface area contributed by atoms with Crippen LogP contribution in [0.1, 0.15) is 29.4 Å². The maximum atomic E-state index is 6.00. The van der Waals surface area contributed by atoms with Gasteiger partial charge >= 0.3 is 0 Å². The highest BCUT2D eigenvalue weighted by molar-refractivity contribution is 6.30. The van der Waals surface area contributed by atoms with E-state index in [1.54, 1.807) is 0 Å².